The zero-order valence-corrected chi connectivity index (χ0v) is 14.9. The smallest absolute Gasteiger partial charge is 0.201 e. The Bertz CT molecular complexity index is 880. The molecule has 1 aliphatic rings. The van der Waals surface area contributed by atoms with Gasteiger partial charge in [-0.3, -0.25) is 0 Å². The maximum absolute atomic E-state index is 3.94. The van der Waals surface area contributed by atoms with Gasteiger partial charge < -0.3 is 9.80 Å². The molecule has 0 saturated heterocycles. The van der Waals surface area contributed by atoms with Crippen LogP contribution in [0.15, 0.2) is 54.5 Å². The minimum absolute atomic E-state index is 0.664. The first-order valence-corrected chi connectivity index (χ1v) is 8.06. The summed E-state index contributed by atoms with van der Waals surface area (Å²) < 4.78 is 0. The Hall–Kier alpha value is -3.15. The topological polar surface area (TPSA) is 60.9 Å². The number of allylic oxidation sites excluding steroid dienone is 2. The van der Waals surface area contributed by atoms with E-state index in [0.717, 1.165) is 5.52 Å². The summed E-state index contributed by atoms with van der Waals surface area (Å²) in [6, 6.07) is 12.2. The van der Waals surface area contributed by atoms with Gasteiger partial charge in [-0.15, -0.1) is 5.10 Å². The van der Waals surface area contributed by atoms with Crippen molar-refractivity contribution in [3.05, 3.63) is 65.6 Å². The molecule has 1 aliphatic carbocycles. The van der Waals surface area contributed by atoms with Gasteiger partial charge in [-0.1, -0.05) is 36.4 Å². The molecule has 0 unspecified atom stereocenters. The largest absolute Gasteiger partial charge is 0.364 e. The van der Waals surface area contributed by atoms with Gasteiger partial charge >= 0.3 is 0 Å². The van der Waals surface area contributed by atoms with Gasteiger partial charge in [-0.2, -0.15) is 10.3 Å². The average Bonchev–Trinajstić information content (AvgIpc) is 3.22. The van der Waals surface area contributed by atoms with E-state index in [4.69, 9.17) is 0 Å². The van der Waals surface area contributed by atoms with E-state index in [0.29, 0.717) is 5.65 Å². The minimum Gasteiger partial charge on any atom is -0.364 e. The van der Waals surface area contributed by atoms with Crippen molar-refractivity contribution in [2.45, 2.75) is 0 Å². The lowest BCUT2D eigenvalue weighted by Crippen LogP contribution is -2.25. The Morgan fingerprint density at radius 2 is 1.64 bits per heavy atom. The van der Waals surface area contributed by atoms with Crippen LogP contribution in [0.25, 0.3) is 22.8 Å². The Kier molecular flexibility index (Phi) is 4.79. The van der Waals surface area contributed by atoms with Crippen molar-refractivity contribution in [2.24, 2.45) is 0 Å². The summed E-state index contributed by atoms with van der Waals surface area (Å²) in [5.41, 5.74) is 5.39. The van der Waals surface area contributed by atoms with E-state index in [1.165, 1.54) is 22.5 Å². The Morgan fingerprint density at radius 1 is 0.880 bits per heavy atom. The molecule has 2 aromatic heterocycles. The molecule has 0 radical (unpaired) electrons. The van der Waals surface area contributed by atoms with Crippen LogP contribution in [0.5, 0.6) is 0 Å². The van der Waals surface area contributed by atoms with Gasteiger partial charge in [-0.25, -0.2) is 4.98 Å². The molecule has 1 aromatic carbocycles. The van der Waals surface area contributed by atoms with Gasteiger partial charge in [0.15, 0.2) is 0 Å². The SMILES string of the molecule is CN(C)C(=C1C=Cc2ccccc21)N(C)C.c1cnc2n[nH]nc2c1. The average molecular weight is 334 g/mol. The van der Waals surface area contributed by atoms with Crippen molar-refractivity contribution >= 4 is 22.8 Å². The van der Waals surface area contributed by atoms with Gasteiger partial charge in [0.25, 0.3) is 0 Å². The third kappa shape index (κ3) is 3.52. The highest BCUT2D eigenvalue weighted by atomic mass is 15.3. The zero-order valence-electron chi connectivity index (χ0n) is 14.9. The van der Waals surface area contributed by atoms with E-state index in [1.807, 2.05) is 12.1 Å². The van der Waals surface area contributed by atoms with Crippen LogP contribution in [0.2, 0.25) is 0 Å². The lowest BCUT2D eigenvalue weighted by molar-refractivity contribution is 0.346. The highest BCUT2D eigenvalue weighted by molar-refractivity contribution is 5.90. The second-order valence-corrected chi connectivity index (χ2v) is 6.12. The van der Waals surface area contributed by atoms with Gasteiger partial charge in [0.2, 0.25) is 5.65 Å². The van der Waals surface area contributed by atoms with E-state index < -0.39 is 0 Å². The van der Waals surface area contributed by atoms with Gasteiger partial charge in [0, 0.05) is 40.0 Å². The molecule has 0 atom stereocenters. The fourth-order valence-corrected chi connectivity index (χ4v) is 2.92. The molecule has 0 aliphatic heterocycles. The van der Waals surface area contributed by atoms with Gasteiger partial charge in [0.1, 0.15) is 11.3 Å². The standard InChI is InChI=1S/C14H18N2.C5H4N4/c1-15(2)14(16(3)4)13-10-9-11-7-5-6-8-12(11)13;1-2-4-5(6-3-1)8-9-7-4/h5-10H,1-4H3;1-3H,(H,6,7,8,9). The predicted molar refractivity (Wildman–Crippen MR) is 101 cm³/mol. The molecule has 3 aromatic rings. The predicted octanol–water partition coefficient (Wildman–Crippen LogP) is 2.86. The van der Waals surface area contributed by atoms with Crippen LogP contribution in [0, 0.1) is 0 Å². The lowest BCUT2D eigenvalue weighted by atomic mass is 10.1. The number of aromatic nitrogens is 4. The zero-order chi connectivity index (χ0) is 17.8. The number of pyridine rings is 1. The maximum atomic E-state index is 3.94. The lowest BCUT2D eigenvalue weighted by Gasteiger charge is -2.27. The van der Waals surface area contributed by atoms with Crippen LogP contribution in [-0.4, -0.2) is 58.4 Å². The molecule has 0 saturated carbocycles. The molecule has 4 rings (SSSR count). The number of aromatic amines is 1. The number of H-pyrrole nitrogens is 1. The first-order valence-electron chi connectivity index (χ1n) is 8.06. The number of rotatable bonds is 2. The third-order valence-electron chi connectivity index (χ3n) is 3.86. The van der Waals surface area contributed by atoms with Crippen molar-refractivity contribution in [2.75, 3.05) is 28.2 Å². The highest BCUT2D eigenvalue weighted by Gasteiger charge is 2.16. The first-order chi connectivity index (χ1) is 12.1. The molecule has 0 bridgehead atoms. The quantitative estimate of drug-likeness (QED) is 0.781. The van der Waals surface area contributed by atoms with Crippen LogP contribution >= 0.6 is 0 Å². The van der Waals surface area contributed by atoms with E-state index in [-0.39, 0.29) is 0 Å². The minimum atomic E-state index is 0.664. The molecular weight excluding hydrogens is 312 g/mol. The number of hydrogen-bond donors (Lipinski definition) is 1. The third-order valence-corrected chi connectivity index (χ3v) is 3.86. The van der Waals surface area contributed by atoms with Crippen molar-refractivity contribution in [3.8, 4) is 0 Å². The molecule has 128 valence electrons. The number of nitrogens with zero attached hydrogens (tertiary/aromatic N) is 5. The number of fused-ring (bicyclic) bond motifs is 2. The van der Waals surface area contributed by atoms with Crippen molar-refractivity contribution in [1.82, 2.24) is 30.2 Å². The monoisotopic (exact) mass is 334 g/mol. The van der Waals surface area contributed by atoms with Crippen LogP contribution in [0.3, 0.4) is 0 Å². The molecular formula is C19H22N6. The molecule has 0 spiro atoms. The highest BCUT2D eigenvalue weighted by Crippen LogP contribution is 2.32. The maximum Gasteiger partial charge on any atom is 0.201 e. The summed E-state index contributed by atoms with van der Waals surface area (Å²) in [7, 11) is 8.32. The summed E-state index contributed by atoms with van der Waals surface area (Å²) in [5, 5.41) is 10.1. The van der Waals surface area contributed by atoms with Crippen LogP contribution in [0.4, 0.5) is 0 Å². The fourth-order valence-electron chi connectivity index (χ4n) is 2.92. The summed E-state index contributed by atoms with van der Waals surface area (Å²) in [4.78, 5) is 8.25. The molecule has 0 fully saturated rings. The van der Waals surface area contributed by atoms with E-state index in [1.54, 1.807) is 6.20 Å². The summed E-state index contributed by atoms with van der Waals surface area (Å²) in [6.07, 6.45) is 6.06. The fraction of sp³-hybridized carbons (Fsp3) is 0.211. The van der Waals surface area contributed by atoms with E-state index in [2.05, 4.69) is 94.8 Å². The van der Waals surface area contributed by atoms with Crippen molar-refractivity contribution in [3.63, 3.8) is 0 Å². The second kappa shape index (κ2) is 7.17. The Balaban J connectivity index is 0.000000170. The first kappa shape index (κ1) is 16.7. The van der Waals surface area contributed by atoms with E-state index in [9.17, 15) is 0 Å². The Morgan fingerprint density at radius 3 is 2.36 bits per heavy atom. The summed E-state index contributed by atoms with van der Waals surface area (Å²) in [5.74, 6) is 1.24. The molecule has 1 N–H and O–H groups in total. The summed E-state index contributed by atoms with van der Waals surface area (Å²) in [6.45, 7) is 0. The summed E-state index contributed by atoms with van der Waals surface area (Å²) >= 11 is 0. The van der Waals surface area contributed by atoms with Gasteiger partial charge in [-0.05, 0) is 23.3 Å². The van der Waals surface area contributed by atoms with Crippen molar-refractivity contribution in [1.29, 1.82) is 0 Å². The molecule has 25 heavy (non-hydrogen) atoms. The number of hydrogen-bond acceptors (Lipinski definition) is 5. The molecule has 6 nitrogen and oxygen atoms in total. The van der Waals surface area contributed by atoms with Crippen LogP contribution in [0.1, 0.15) is 11.1 Å². The number of benzene rings is 1. The Labute approximate surface area is 147 Å². The molecule has 6 heteroatoms. The van der Waals surface area contributed by atoms with Gasteiger partial charge in [0.05, 0.1) is 0 Å². The normalized spacial score (nSPS) is 11.8. The van der Waals surface area contributed by atoms with Crippen LogP contribution < -0.4 is 0 Å². The van der Waals surface area contributed by atoms with E-state index >= 15 is 0 Å². The van der Waals surface area contributed by atoms with Crippen molar-refractivity contribution < 1.29 is 0 Å². The molecule has 2 heterocycles. The van der Waals surface area contributed by atoms with Crippen LogP contribution in [-0.2, 0) is 0 Å². The number of nitrogens with one attached hydrogen (secondary N) is 1. The molecule has 0 amide bonds. The second-order valence-electron chi connectivity index (χ2n) is 6.12.